The number of hydrogen-bond donors (Lipinski definition) is 1. The molecule has 0 saturated carbocycles. The molecule has 94 valence electrons. The average molecular weight is 304 g/mol. The van der Waals surface area contributed by atoms with Gasteiger partial charge in [0.1, 0.15) is 0 Å². The highest BCUT2D eigenvalue weighted by molar-refractivity contribution is 9.09. The van der Waals surface area contributed by atoms with Gasteiger partial charge in [-0.15, -0.1) is 0 Å². The molecule has 0 heterocycles. The molecule has 0 fully saturated rings. The molecular weight excluding hydrogens is 289 g/mol. The molecule has 0 aliphatic carbocycles. The number of benzene rings is 1. The van der Waals surface area contributed by atoms with Crippen molar-refractivity contribution in [2.24, 2.45) is 5.92 Å². The number of ether oxygens (including phenoxy) is 1. The van der Waals surface area contributed by atoms with Crippen LogP contribution in [0.25, 0.3) is 0 Å². The van der Waals surface area contributed by atoms with Crippen molar-refractivity contribution in [3.05, 3.63) is 29.6 Å². The van der Waals surface area contributed by atoms with E-state index in [2.05, 4.69) is 21.2 Å². The van der Waals surface area contributed by atoms with E-state index in [1.165, 1.54) is 25.3 Å². The van der Waals surface area contributed by atoms with E-state index in [4.69, 9.17) is 4.74 Å². The lowest BCUT2D eigenvalue weighted by Gasteiger charge is -2.10. The Hall–Kier alpha value is -1.10. The number of rotatable bonds is 5. The molecular formula is C12H15BrFNO2. The molecule has 0 aromatic heterocycles. The zero-order chi connectivity index (χ0) is 12.8. The largest absolute Gasteiger partial charge is 0.494 e. The van der Waals surface area contributed by atoms with E-state index in [1.54, 1.807) is 0 Å². The predicted molar refractivity (Wildman–Crippen MR) is 68.2 cm³/mol. The van der Waals surface area contributed by atoms with E-state index in [-0.39, 0.29) is 11.7 Å². The normalized spacial score (nSPS) is 12.0. The minimum absolute atomic E-state index is 0.135. The minimum atomic E-state index is -0.534. The minimum Gasteiger partial charge on any atom is -0.494 e. The summed E-state index contributed by atoms with van der Waals surface area (Å²) in [5, 5.41) is 3.55. The van der Waals surface area contributed by atoms with E-state index in [9.17, 15) is 9.18 Å². The lowest BCUT2D eigenvalue weighted by Crippen LogP contribution is -2.28. The van der Waals surface area contributed by atoms with Gasteiger partial charge in [-0.25, -0.2) is 4.39 Å². The van der Waals surface area contributed by atoms with Crippen molar-refractivity contribution in [3.63, 3.8) is 0 Å². The van der Waals surface area contributed by atoms with Gasteiger partial charge in [0.25, 0.3) is 5.91 Å². The fourth-order valence-electron chi connectivity index (χ4n) is 1.23. The van der Waals surface area contributed by atoms with Gasteiger partial charge in [0.15, 0.2) is 11.6 Å². The molecule has 1 unspecified atom stereocenters. The second-order valence-electron chi connectivity index (χ2n) is 3.82. The van der Waals surface area contributed by atoms with Gasteiger partial charge in [-0.3, -0.25) is 4.79 Å². The lowest BCUT2D eigenvalue weighted by atomic mass is 10.1. The Morgan fingerprint density at radius 2 is 2.29 bits per heavy atom. The van der Waals surface area contributed by atoms with Crippen LogP contribution in [0.1, 0.15) is 17.3 Å². The monoisotopic (exact) mass is 303 g/mol. The van der Waals surface area contributed by atoms with Gasteiger partial charge >= 0.3 is 0 Å². The molecule has 5 heteroatoms. The van der Waals surface area contributed by atoms with Crippen LogP contribution in [0.15, 0.2) is 18.2 Å². The third kappa shape index (κ3) is 4.00. The maximum absolute atomic E-state index is 13.4. The van der Waals surface area contributed by atoms with Crippen molar-refractivity contribution in [3.8, 4) is 5.75 Å². The standard InChI is InChI=1S/C12H15BrFNO2/c1-8(6-13)7-15-12(16)9-3-4-11(17-2)10(14)5-9/h3-5,8H,6-7H2,1-2H3,(H,15,16). The number of alkyl halides is 1. The molecule has 0 saturated heterocycles. The first-order chi connectivity index (χ1) is 8.08. The van der Waals surface area contributed by atoms with Crippen LogP contribution >= 0.6 is 15.9 Å². The Morgan fingerprint density at radius 1 is 1.59 bits per heavy atom. The summed E-state index contributed by atoms with van der Waals surface area (Å²) in [6.45, 7) is 2.56. The number of carbonyl (C=O) groups excluding carboxylic acids is 1. The van der Waals surface area contributed by atoms with Crippen molar-refractivity contribution in [2.75, 3.05) is 19.0 Å². The van der Waals surface area contributed by atoms with Gasteiger partial charge < -0.3 is 10.1 Å². The van der Waals surface area contributed by atoms with Gasteiger partial charge in [-0.2, -0.15) is 0 Å². The fraction of sp³-hybridized carbons (Fsp3) is 0.417. The first-order valence-electron chi connectivity index (χ1n) is 5.26. The highest BCUT2D eigenvalue weighted by Crippen LogP contribution is 2.17. The van der Waals surface area contributed by atoms with E-state index in [1.807, 2.05) is 6.92 Å². The van der Waals surface area contributed by atoms with E-state index < -0.39 is 5.82 Å². The second-order valence-corrected chi connectivity index (χ2v) is 4.47. The molecule has 1 atom stereocenters. The quantitative estimate of drug-likeness (QED) is 0.849. The van der Waals surface area contributed by atoms with Gasteiger partial charge in [-0.1, -0.05) is 22.9 Å². The van der Waals surface area contributed by atoms with Crippen LogP contribution in [0.5, 0.6) is 5.75 Å². The molecule has 17 heavy (non-hydrogen) atoms. The van der Waals surface area contributed by atoms with Crippen molar-refractivity contribution >= 4 is 21.8 Å². The summed E-state index contributed by atoms with van der Waals surface area (Å²) in [4.78, 5) is 11.7. The smallest absolute Gasteiger partial charge is 0.251 e. The summed E-state index contributed by atoms with van der Waals surface area (Å²) in [5.74, 6) is -0.342. The van der Waals surface area contributed by atoms with Gasteiger partial charge in [0.05, 0.1) is 7.11 Å². The van der Waals surface area contributed by atoms with E-state index in [0.717, 1.165) is 5.33 Å². The van der Waals surface area contributed by atoms with Crippen LogP contribution in [0.3, 0.4) is 0 Å². The molecule has 0 radical (unpaired) electrons. The molecule has 1 amide bonds. The van der Waals surface area contributed by atoms with Crippen LogP contribution in [-0.4, -0.2) is 24.9 Å². The maximum Gasteiger partial charge on any atom is 0.251 e. The highest BCUT2D eigenvalue weighted by Gasteiger charge is 2.10. The fourth-order valence-corrected chi connectivity index (χ4v) is 1.46. The molecule has 1 aromatic carbocycles. The zero-order valence-electron chi connectivity index (χ0n) is 9.80. The summed E-state index contributed by atoms with van der Waals surface area (Å²) in [6, 6.07) is 4.15. The third-order valence-corrected chi connectivity index (χ3v) is 3.39. The predicted octanol–water partition coefficient (Wildman–Crippen LogP) is 2.60. The molecule has 0 aliphatic rings. The number of amides is 1. The summed E-state index contributed by atoms with van der Waals surface area (Å²) in [5.41, 5.74) is 0.296. The van der Waals surface area contributed by atoms with Crippen molar-refractivity contribution in [2.45, 2.75) is 6.92 Å². The summed E-state index contributed by atoms with van der Waals surface area (Å²) in [7, 11) is 1.38. The first kappa shape index (κ1) is 14.0. The molecule has 0 spiro atoms. The zero-order valence-corrected chi connectivity index (χ0v) is 11.4. The van der Waals surface area contributed by atoms with Crippen LogP contribution in [0.2, 0.25) is 0 Å². The van der Waals surface area contributed by atoms with Crippen LogP contribution < -0.4 is 10.1 Å². The second kappa shape index (κ2) is 6.59. The van der Waals surface area contributed by atoms with Crippen molar-refractivity contribution in [1.29, 1.82) is 0 Å². The van der Waals surface area contributed by atoms with E-state index in [0.29, 0.717) is 18.0 Å². The Morgan fingerprint density at radius 3 is 2.82 bits per heavy atom. The Bertz CT molecular complexity index is 398. The van der Waals surface area contributed by atoms with E-state index >= 15 is 0 Å². The summed E-state index contributed by atoms with van der Waals surface area (Å²) < 4.78 is 18.1. The molecule has 0 bridgehead atoms. The molecule has 1 rings (SSSR count). The molecule has 0 aliphatic heterocycles. The summed E-state index contributed by atoms with van der Waals surface area (Å²) >= 11 is 3.32. The Balaban J connectivity index is 2.66. The molecule has 1 aromatic rings. The number of carbonyl (C=O) groups is 1. The van der Waals surface area contributed by atoms with Crippen LogP contribution in [-0.2, 0) is 0 Å². The third-order valence-electron chi connectivity index (χ3n) is 2.29. The number of halogens is 2. The Labute approximate surface area is 108 Å². The highest BCUT2D eigenvalue weighted by atomic mass is 79.9. The topological polar surface area (TPSA) is 38.3 Å². The number of hydrogen-bond acceptors (Lipinski definition) is 2. The van der Waals surface area contributed by atoms with Crippen LogP contribution in [0.4, 0.5) is 4.39 Å². The SMILES string of the molecule is COc1ccc(C(=O)NCC(C)CBr)cc1F. The maximum atomic E-state index is 13.4. The van der Waals surface area contributed by atoms with Gasteiger partial charge in [0, 0.05) is 17.4 Å². The Kier molecular flexibility index (Phi) is 5.41. The average Bonchev–Trinajstić information content (AvgIpc) is 2.35. The van der Waals surface area contributed by atoms with Crippen molar-refractivity contribution in [1.82, 2.24) is 5.32 Å². The summed E-state index contributed by atoms with van der Waals surface area (Å²) in [6.07, 6.45) is 0. The lowest BCUT2D eigenvalue weighted by molar-refractivity contribution is 0.0949. The molecule has 1 N–H and O–H groups in total. The van der Waals surface area contributed by atoms with Crippen molar-refractivity contribution < 1.29 is 13.9 Å². The first-order valence-corrected chi connectivity index (χ1v) is 6.38. The van der Waals surface area contributed by atoms with Gasteiger partial charge in [0.2, 0.25) is 0 Å². The molecule has 3 nitrogen and oxygen atoms in total. The van der Waals surface area contributed by atoms with Crippen LogP contribution in [0, 0.1) is 11.7 Å². The van der Waals surface area contributed by atoms with Gasteiger partial charge in [-0.05, 0) is 24.1 Å². The number of methoxy groups -OCH3 is 1. The number of nitrogens with one attached hydrogen (secondary N) is 1.